The number of carbonyl (C=O) groups excluding carboxylic acids is 2. The van der Waals surface area contributed by atoms with Gasteiger partial charge in [0.05, 0.1) is 11.1 Å². The van der Waals surface area contributed by atoms with E-state index in [2.05, 4.69) is 36.5 Å². The second kappa shape index (κ2) is 9.69. The zero-order valence-electron chi connectivity index (χ0n) is 21.7. The molecule has 1 aliphatic heterocycles. The van der Waals surface area contributed by atoms with Gasteiger partial charge < -0.3 is 20.6 Å². The average Bonchev–Trinajstić information content (AvgIpc) is 3.36. The summed E-state index contributed by atoms with van der Waals surface area (Å²) in [6.07, 6.45) is 2.29. The summed E-state index contributed by atoms with van der Waals surface area (Å²) in [4.78, 5) is 40.5. The van der Waals surface area contributed by atoms with E-state index in [0.29, 0.717) is 37.2 Å². The third-order valence-electron chi connectivity index (χ3n) is 7.42. The van der Waals surface area contributed by atoms with Crippen LogP contribution in [0.1, 0.15) is 63.9 Å². The van der Waals surface area contributed by atoms with Crippen LogP contribution in [0.15, 0.2) is 36.4 Å². The summed E-state index contributed by atoms with van der Waals surface area (Å²) < 4.78 is 1.51. The van der Waals surface area contributed by atoms with Crippen LogP contribution >= 0.6 is 0 Å². The third-order valence-corrected chi connectivity index (χ3v) is 7.42. The van der Waals surface area contributed by atoms with Gasteiger partial charge in [0.25, 0.3) is 5.91 Å². The summed E-state index contributed by atoms with van der Waals surface area (Å²) in [6.45, 7) is 8.38. The van der Waals surface area contributed by atoms with Crippen molar-refractivity contribution in [1.82, 2.24) is 25.3 Å². The SMILES string of the molecule is Cn1nc(-c2ccccc2)cc1C(=O)NC1CCN([C@H]2CC[C@@H](NC(C)(C)C)C[C@@]2(C)C(=O)O)C1=O. The largest absolute Gasteiger partial charge is 0.481 e. The molecule has 2 amide bonds. The number of aromatic nitrogens is 2. The molecule has 9 nitrogen and oxygen atoms in total. The van der Waals surface area contributed by atoms with Gasteiger partial charge in [-0.2, -0.15) is 5.10 Å². The first kappa shape index (κ1) is 25.9. The van der Waals surface area contributed by atoms with Crippen molar-refractivity contribution in [2.24, 2.45) is 12.5 Å². The molecule has 0 radical (unpaired) electrons. The molecule has 2 fully saturated rings. The van der Waals surface area contributed by atoms with E-state index in [0.717, 1.165) is 12.0 Å². The van der Waals surface area contributed by atoms with Crippen LogP contribution in [0.3, 0.4) is 0 Å². The molecule has 1 saturated heterocycles. The number of benzene rings is 1. The number of rotatable bonds is 6. The number of carboxylic acid groups (broad SMARTS) is 1. The number of nitrogens with one attached hydrogen (secondary N) is 2. The number of hydrogen-bond donors (Lipinski definition) is 3. The van der Waals surface area contributed by atoms with Gasteiger partial charge in [-0.1, -0.05) is 30.3 Å². The number of hydrogen-bond acceptors (Lipinski definition) is 5. The highest BCUT2D eigenvalue weighted by Crippen LogP contribution is 2.41. The molecule has 3 N–H and O–H groups in total. The van der Waals surface area contributed by atoms with E-state index in [-0.39, 0.29) is 23.4 Å². The van der Waals surface area contributed by atoms with Crippen LogP contribution in [0.4, 0.5) is 0 Å². The van der Waals surface area contributed by atoms with Gasteiger partial charge in [-0.25, -0.2) is 0 Å². The second-order valence-electron chi connectivity index (χ2n) is 11.4. The highest BCUT2D eigenvalue weighted by atomic mass is 16.4. The molecule has 1 aliphatic carbocycles. The van der Waals surface area contributed by atoms with Crippen molar-refractivity contribution in [3.05, 3.63) is 42.1 Å². The van der Waals surface area contributed by atoms with Gasteiger partial charge in [-0.3, -0.25) is 19.1 Å². The maximum absolute atomic E-state index is 13.4. The quantitative estimate of drug-likeness (QED) is 0.568. The lowest BCUT2D eigenvalue weighted by Crippen LogP contribution is -2.59. The molecule has 36 heavy (non-hydrogen) atoms. The van der Waals surface area contributed by atoms with Gasteiger partial charge in [0.1, 0.15) is 11.7 Å². The van der Waals surface area contributed by atoms with Crippen molar-refractivity contribution in [1.29, 1.82) is 0 Å². The minimum Gasteiger partial charge on any atom is -0.481 e. The monoisotopic (exact) mass is 495 g/mol. The molecule has 194 valence electrons. The molecule has 4 atom stereocenters. The number of nitrogens with zero attached hydrogens (tertiary/aromatic N) is 3. The second-order valence-corrected chi connectivity index (χ2v) is 11.4. The van der Waals surface area contributed by atoms with Gasteiger partial charge in [-0.05, 0) is 59.4 Å². The molecule has 0 bridgehead atoms. The third kappa shape index (κ3) is 5.16. The maximum Gasteiger partial charge on any atom is 0.311 e. The van der Waals surface area contributed by atoms with Crippen LogP contribution in [0.5, 0.6) is 0 Å². The average molecular weight is 496 g/mol. The van der Waals surface area contributed by atoms with E-state index < -0.39 is 23.5 Å². The number of aliphatic carboxylic acids is 1. The summed E-state index contributed by atoms with van der Waals surface area (Å²) in [5, 5.41) is 21.0. The van der Waals surface area contributed by atoms with E-state index in [1.54, 1.807) is 24.9 Å². The van der Waals surface area contributed by atoms with Gasteiger partial charge in [0.15, 0.2) is 0 Å². The molecule has 1 saturated carbocycles. The van der Waals surface area contributed by atoms with E-state index in [9.17, 15) is 19.5 Å². The van der Waals surface area contributed by atoms with Crippen LogP contribution < -0.4 is 10.6 Å². The number of aryl methyl sites for hydroxylation is 1. The Labute approximate surface area is 212 Å². The topological polar surface area (TPSA) is 117 Å². The molecule has 9 heteroatoms. The summed E-state index contributed by atoms with van der Waals surface area (Å²) >= 11 is 0. The fourth-order valence-corrected chi connectivity index (χ4v) is 5.70. The molecule has 2 aromatic rings. The number of likely N-dealkylation sites (tertiary alicyclic amines) is 1. The van der Waals surface area contributed by atoms with Crippen LogP contribution in [0.2, 0.25) is 0 Å². The molecule has 0 spiro atoms. The fourth-order valence-electron chi connectivity index (χ4n) is 5.70. The smallest absolute Gasteiger partial charge is 0.311 e. The molecule has 1 aromatic carbocycles. The number of amides is 2. The first-order valence-electron chi connectivity index (χ1n) is 12.6. The molecular weight excluding hydrogens is 458 g/mol. The van der Waals surface area contributed by atoms with E-state index >= 15 is 0 Å². The number of carbonyl (C=O) groups is 3. The van der Waals surface area contributed by atoms with Crippen molar-refractivity contribution < 1.29 is 19.5 Å². The zero-order chi connectivity index (χ0) is 26.3. The minimum atomic E-state index is -1.07. The highest BCUT2D eigenvalue weighted by molar-refractivity contribution is 5.97. The van der Waals surface area contributed by atoms with E-state index in [1.807, 2.05) is 30.3 Å². The molecule has 1 aromatic heterocycles. The summed E-state index contributed by atoms with van der Waals surface area (Å²) in [5.41, 5.74) is 0.758. The zero-order valence-corrected chi connectivity index (χ0v) is 21.7. The van der Waals surface area contributed by atoms with Crippen molar-refractivity contribution in [2.45, 2.75) is 77.0 Å². The van der Waals surface area contributed by atoms with Gasteiger partial charge in [0.2, 0.25) is 5.91 Å². The van der Waals surface area contributed by atoms with Gasteiger partial charge >= 0.3 is 5.97 Å². The molecule has 1 unspecified atom stereocenters. The standard InChI is InChI=1S/C27H37N5O4/c1-26(2,3)29-18-11-12-22(27(4,16-18)25(35)36)32-14-13-19(24(32)34)28-23(33)21-15-20(30-31(21)5)17-9-7-6-8-10-17/h6-10,15,18-19,22,29H,11-14,16H2,1-5H3,(H,28,33)(H,35,36)/t18-,19?,22+,27-/m1/s1. The van der Waals surface area contributed by atoms with Gasteiger partial charge in [0, 0.05) is 36.8 Å². The summed E-state index contributed by atoms with van der Waals surface area (Å²) in [6, 6.07) is 10.3. The fraction of sp³-hybridized carbons (Fsp3) is 0.556. The highest BCUT2D eigenvalue weighted by Gasteiger charge is 2.52. The molecular formula is C27H37N5O4. The predicted molar refractivity (Wildman–Crippen MR) is 136 cm³/mol. The van der Waals surface area contributed by atoms with Crippen LogP contribution in [-0.2, 0) is 16.6 Å². The Morgan fingerprint density at radius 1 is 1.14 bits per heavy atom. The summed E-state index contributed by atoms with van der Waals surface area (Å²) in [7, 11) is 1.70. The lowest BCUT2D eigenvalue weighted by Gasteiger charge is -2.47. The molecule has 2 aliphatic rings. The Morgan fingerprint density at radius 2 is 1.83 bits per heavy atom. The minimum absolute atomic E-state index is 0.0687. The van der Waals surface area contributed by atoms with Gasteiger partial charge in [-0.15, -0.1) is 0 Å². The summed E-state index contributed by atoms with van der Waals surface area (Å²) in [5.74, 6) is -1.48. The van der Waals surface area contributed by atoms with E-state index in [1.165, 1.54) is 4.68 Å². The predicted octanol–water partition coefficient (Wildman–Crippen LogP) is 2.82. The van der Waals surface area contributed by atoms with Crippen LogP contribution in [0.25, 0.3) is 11.3 Å². The lowest BCUT2D eigenvalue weighted by molar-refractivity contribution is -0.158. The van der Waals surface area contributed by atoms with E-state index in [4.69, 9.17) is 0 Å². The Hall–Kier alpha value is -3.20. The Morgan fingerprint density at radius 3 is 2.47 bits per heavy atom. The normalized spacial score (nSPS) is 26.8. The lowest BCUT2D eigenvalue weighted by atomic mass is 9.68. The molecule has 4 rings (SSSR count). The Bertz CT molecular complexity index is 1140. The molecule has 2 heterocycles. The Kier molecular flexibility index (Phi) is 6.96. The maximum atomic E-state index is 13.4. The van der Waals surface area contributed by atoms with Crippen molar-refractivity contribution in [3.63, 3.8) is 0 Å². The number of carboxylic acids is 1. The first-order chi connectivity index (χ1) is 16.9. The van der Waals surface area contributed by atoms with Crippen LogP contribution in [0, 0.1) is 5.41 Å². The van der Waals surface area contributed by atoms with Crippen molar-refractivity contribution in [3.8, 4) is 11.3 Å². The Balaban J connectivity index is 1.46. The van der Waals surface area contributed by atoms with Crippen LogP contribution in [-0.4, -0.2) is 67.8 Å². The first-order valence-corrected chi connectivity index (χ1v) is 12.6. The van der Waals surface area contributed by atoms with Crippen molar-refractivity contribution in [2.75, 3.05) is 6.54 Å². The van der Waals surface area contributed by atoms with Crippen molar-refractivity contribution >= 4 is 17.8 Å².